The highest BCUT2D eigenvalue weighted by Crippen LogP contribution is 2.32. The maximum atomic E-state index is 12.9. The van der Waals surface area contributed by atoms with Crippen molar-refractivity contribution in [3.8, 4) is 5.69 Å². The van der Waals surface area contributed by atoms with Crippen molar-refractivity contribution < 1.29 is 4.79 Å². The molecule has 0 aliphatic carbocycles. The van der Waals surface area contributed by atoms with Crippen LogP contribution < -0.4 is 0 Å². The number of aromatic nitrogens is 4. The Morgan fingerprint density at radius 2 is 2.15 bits per heavy atom. The van der Waals surface area contributed by atoms with E-state index in [2.05, 4.69) is 31.3 Å². The van der Waals surface area contributed by atoms with Gasteiger partial charge in [0.25, 0.3) is 5.91 Å². The predicted octanol–water partition coefficient (Wildman–Crippen LogP) is 4.51. The summed E-state index contributed by atoms with van der Waals surface area (Å²) < 4.78 is 0.944. The smallest absolute Gasteiger partial charge is 0.264 e. The molecule has 1 amide bonds. The number of hydrogen-bond donors (Lipinski definition) is 0. The first-order valence-electron chi connectivity index (χ1n) is 8.24. The molecule has 2 aromatic heterocycles. The minimum absolute atomic E-state index is 0.0181. The van der Waals surface area contributed by atoms with Crippen LogP contribution in [-0.2, 0) is 0 Å². The van der Waals surface area contributed by atoms with Crippen LogP contribution in [0.15, 0.2) is 40.2 Å². The average Bonchev–Trinajstić information content (AvgIpc) is 3.30. The maximum absolute atomic E-state index is 12.9. The van der Waals surface area contributed by atoms with Crippen LogP contribution in [0.25, 0.3) is 5.69 Å². The van der Waals surface area contributed by atoms with Crippen molar-refractivity contribution in [2.45, 2.75) is 25.3 Å². The number of nitrogens with zero attached hydrogens (tertiary/aromatic N) is 5. The Kier molecular flexibility index (Phi) is 5.06. The molecule has 9 heteroatoms. The van der Waals surface area contributed by atoms with E-state index in [1.54, 1.807) is 12.1 Å². The molecule has 0 N–H and O–H groups in total. The number of rotatable bonds is 3. The molecule has 1 aliphatic rings. The molecule has 134 valence electrons. The molecule has 1 saturated heterocycles. The van der Waals surface area contributed by atoms with Gasteiger partial charge in [-0.05, 0) is 70.7 Å². The third-order valence-electron chi connectivity index (χ3n) is 4.31. The van der Waals surface area contributed by atoms with Crippen molar-refractivity contribution in [1.29, 1.82) is 0 Å². The van der Waals surface area contributed by atoms with Gasteiger partial charge in [0.05, 0.1) is 20.4 Å². The highest BCUT2D eigenvalue weighted by molar-refractivity contribution is 9.11. The number of tetrazole rings is 1. The molecular weight excluding hydrogens is 438 g/mol. The van der Waals surface area contributed by atoms with Gasteiger partial charge in [0.15, 0.2) is 5.82 Å². The van der Waals surface area contributed by atoms with Gasteiger partial charge in [0, 0.05) is 11.6 Å². The highest BCUT2D eigenvalue weighted by Gasteiger charge is 2.32. The van der Waals surface area contributed by atoms with Crippen molar-refractivity contribution in [3.63, 3.8) is 0 Å². The minimum atomic E-state index is -0.162. The fourth-order valence-electron chi connectivity index (χ4n) is 3.08. The monoisotopic (exact) mass is 451 g/mol. The first-order valence-corrected chi connectivity index (χ1v) is 10.2. The van der Waals surface area contributed by atoms with Gasteiger partial charge in [-0.25, -0.2) is 0 Å². The number of thiophene rings is 1. The second-order valence-corrected chi connectivity index (χ2v) is 8.93. The van der Waals surface area contributed by atoms with Gasteiger partial charge in [0.1, 0.15) is 0 Å². The van der Waals surface area contributed by atoms with Gasteiger partial charge in [-0.15, -0.1) is 26.3 Å². The van der Waals surface area contributed by atoms with Crippen molar-refractivity contribution in [3.05, 3.63) is 55.9 Å². The van der Waals surface area contributed by atoms with Crippen LogP contribution in [0, 0.1) is 0 Å². The van der Waals surface area contributed by atoms with E-state index in [9.17, 15) is 4.79 Å². The lowest BCUT2D eigenvalue weighted by Crippen LogP contribution is -2.38. The van der Waals surface area contributed by atoms with Crippen LogP contribution in [0.4, 0.5) is 0 Å². The van der Waals surface area contributed by atoms with Crippen LogP contribution in [0.5, 0.6) is 0 Å². The van der Waals surface area contributed by atoms with Gasteiger partial charge < -0.3 is 4.90 Å². The molecule has 3 aromatic rings. The molecule has 0 saturated carbocycles. The Morgan fingerprint density at radius 1 is 1.27 bits per heavy atom. The molecule has 26 heavy (non-hydrogen) atoms. The largest absolute Gasteiger partial charge is 0.328 e. The molecule has 1 aliphatic heterocycles. The Balaban J connectivity index is 1.62. The van der Waals surface area contributed by atoms with Crippen molar-refractivity contribution in [1.82, 2.24) is 25.1 Å². The van der Waals surface area contributed by atoms with E-state index in [4.69, 9.17) is 11.6 Å². The summed E-state index contributed by atoms with van der Waals surface area (Å²) in [7, 11) is 0. The van der Waals surface area contributed by atoms with E-state index in [1.807, 2.05) is 29.2 Å². The topological polar surface area (TPSA) is 63.9 Å². The lowest BCUT2D eigenvalue weighted by Gasteiger charge is -2.33. The van der Waals surface area contributed by atoms with Crippen LogP contribution in [0.3, 0.4) is 0 Å². The average molecular weight is 453 g/mol. The number of likely N-dealkylation sites (tertiary alicyclic amines) is 1. The second kappa shape index (κ2) is 7.46. The number of amides is 1. The number of benzene rings is 1. The van der Waals surface area contributed by atoms with Gasteiger partial charge in [0.2, 0.25) is 0 Å². The highest BCUT2D eigenvalue weighted by atomic mass is 79.9. The van der Waals surface area contributed by atoms with Gasteiger partial charge in [-0.2, -0.15) is 0 Å². The van der Waals surface area contributed by atoms with Crippen LogP contribution in [0.2, 0.25) is 5.02 Å². The van der Waals surface area contributed by atoms with E-state index in [0.29, 0.717) is 22.3 Å². The van der Waals surface area contributed by atoms with Gasteiger partial charge in [-0.3, -0.25) is 4.79 Å². The summed E-state index contributed by atoms with van der Waals surface area (Å²) in [6.45, 7) is 0.699. The van der Waals surface area contributed by atoms with Gasteiger partial charge in [-0.1, -0.05) is 17.7 Å². The van der Waals surface area contributed by atoms with E-state index < -0.39 is 0 Å². The SMILES string of the molecule is O=C(c1ccc(Br)s1)N1CCCCC1c1nnn(-c2cccc(Cl)c2)n1. The van der Waals surface area contributed by atoms with Crippen molar-refractivity contribution >= 4 is 44.8 Å². The van der Waals surface area contributed by atoms with E-state index >= 15 is 0 Å². The molecule has 0 bridgehead atoms. The quantitative estimate of drug-likeness (QED) is 0.586. The van der Waals surface area contributed by atoms with E-state index in [-0.39, 0.29) is 11.9 Å². The minimum Gasteiger partial charge on any atom is -0.328 e. The predicted molar refractivity (Wildman–Crippen MR) is 104 cm³/mol. The zero-order valence-corrected chi connectivity index (χ0v) is 16.8. The zero-order chi connectivity index (χ0) is 18.1. The Bertz CT molecular complexity index is 943. The van der Waals surface area contributed by atoms with Crippen molar-refractivity contribution in [2.75, 3.05) is 6.54 Å². The summed E-state index contributed by atoms with van der Waals surface area (Å²) >= 11 is 10.9. The third kappa shape index (κ3) is 3.54. The summed E-state index contributed by atoms with van der Waals surface area (Å²) in [4.78, 5) is 17.0. The normalized spacial score (nSPS) is 17.5. The standard InChI is InChI=1S/C17H15BrClN5OS/c18-15-8-7-14(26-15)17(25)23-9-2-1-6-13(23)16-20-22-24(21-16)12-5-3-4-11(19)10-12/h3-5,7-8,10,13H,1-2,6,9H2. The number of halogens is 2. The first kappa shape index (κ1) is 17.6. The molecule has 6 nitrogen and oxygen atoms in total. The Morgan fingerprint density at radius 3 is 2.92 bits per heavy atom. The Labute approximate surface area is 167 Å². The molecule has 1 unspecified atom stereocenters. The second-order valence-electron chi connectivity index (χ2n) is 6.03. The molecule has 1 atom stereocenters. The number of piperidine rings is 1. The maximum Gasteiger partial charge on any atom is 0.264 e. The molecule has 0 spiro atoms. The first-order chi connectivity index (χ1) is 12.6. The lowest BCUT2D eigenvalue weighted by molar-refractivity contribution is 0.0605. The van der Waals surface area contributed by atoms with Crippen LogP contribution in [0.1, 0.15) is 40.8 Å². The molecular formula is C17H15BrClN5OS. The zero-order valence-electron chi connectivity index (χ0n) is 13.7. The van der Waals surface area contributed by atoms with E-state index in [0.717, 1.165) is 28.7 Å². The summed E-state index contributed by atoms with van der Waals surface area (Å²) in [5.74, 6) is 0.582. The summed E-state index contributed by atoms with van der Waals surface area (Å²) in [6, 6.07) is 10.9. The van der Waals surface area contributed by atoms with Crippen LogP contribution in [-0.4, -0.2) is 37.6 Å². The molecule has 0 radical (unpaired) electrons. The number of carbonyl (C=O) groups is 1. The van der Waals surface area contributed by atoms with E-state index in [1.165, 1.54) is 16.1 Å². The molecule has 4 rings (SSSR count). The summed E-state index contributed by atoms with van der Waals surface area (Å²) in [6.07, 6.45) is 2.85. The molecule has 1 fully saturated rings. The molecule has 1 aromatic carbocycles. The van der Waals surface area contributed by atoms with Crippen molar-refractivity contribution in [2.24, 2.45) is 0 Å². The number of carbonyl (C=O) groups excluding carboxylic acids is 1. The fourth-order valence-corrected chi connectivity index (χ4v) is 4.61. The summed E-state index contributed by atoms with van der Waals surface area (Å²) in [5.41, 5.74) is 0.743. The molecule has 3 heterocycles. The lowest BCUT2D eigenvalue weighted by atomic mass is 10.0. The summed E-state index contributed by atoms with van der Waals surface area (Å²) in [5, 5.41) is 13.5. The third-order valence-corrected chi connectivity index (χ3v) is 6.16. The Hall–Kier alpha value is -1.77. The van der Waals surface area contributed by atoms with Crippen LogP contribution >= 0.6 is 38.9 Å². The van der Waals surface area contributed by atoms with Gasteiger partial charge >= 0.3 is 0 Å². The fraction of sp³-hybridized carbons (Fsp3) is 0.294. The number of hydrogen-bond acceptors (Lipinski definition) is 5.